The summed E-state index contributed by atoms with van der Waals surface area (Å²) in [6, 6.07) is 13.6. The van der Waals surface area contributed by atoms with Crippen LogP contribution in [0, 0.1) is 6.92 Å². The summed E-state index contributed by atoms with van der Waals surface area (Å²) >= 11 is 0. The molecule has 0 saturated heterocycles. The number of ether oxygens (including phenoxy) is 1. The van der Waals surface area contributed by atoms with Crippen LogP contribution in [0.3, 0.4) is 0 Å². The summed E-state index contributed by atoms with van der Waals surface area (Å²) in [6.07, 6.45) is 1.12. The maximum Gasteiger partial charge on any atom is 0.338 e. The molecule has 0 bridgehead atoms. The van der Waals surface area contributed by atoms with Gasteiger partial charge in [0.15, 0.2) is 0 Å². The van der Waals surface area contributed by atoms with Gasteiger partial charge in [-0.05, 0) is 61.1 Å². The van der Waals surface area contributed by atoms with Gasteiger partial charge in [-0.1, -0.05) is 38.1 Å². The molecule has 0 atom stereocenters. The van der Waals surface area contributed by atoms with Gasteiger partial charge in [-0.2, -0.15) is 0 Å². The predicted molar refractivity (Wildman–Crippen MR) is 105 cm³/mol. The van der Waals surface area contributed by atoms with Crippen LogP contribution in [-0.2, 0) is 16.0 Å². The van der Waals surface area contributed by atoms with E-state index in [0.29, 0.717) is 30.9 Å². The first-order valence-electron chi connectivity index (χ1n) is 9.07. The normalized spacial score (nSPS) is 10.7. The number of carbonyl (C=O) groups is 2. The smallest absolute Gasteiger partial charge is 0.338 e. The molecule has 1 N–H and O–H groups in total. The van der Waals surface area contributed by atoms with Crippen molar-refractivity contribution in [3.05, 3.63) is 64.7 Å². The molecule has 0 saturated carbocycles. The molecule has 2 aromatic carbocycles. The molecular formula is C22H27NO3. The molecule has 1 amide bonds. The van der Waals surface area contributed by atoms with Gasteiger partial charge in [0.05, 0.1) is 12.2 Å². The molecular weight excluding hydrogens is 326 g/mol. The molecule has 138 valence electrons. The molecule has 0 fully saturated rings. The van der Waals surface area contributed by atoms with Crippen LogP contribution in [0.25, 0.3) is 0 Å². The molecule has 0 aromatic heterocycles. The number of hydrogen-bond donors (Lipinski definition) is 1. The van der Waals surface area contributed by atoms with E-state index in [0.717, 1.165) is 16.8 Å². The van der Waals surface area contributed by atoms with Crippen LogP contribution in [0.4, 0.5) is 5.69 Å². The Morgan fingerprint density at radius 2 is 1.77 bits per heavy atom. The highest BCUT2D eigenvalue weighted by Gasteiger charge is 2.10. The lowest BCUT2D eigenvalue weighted by atomic mass is 10.0. The third-order valence-electron chi connectivity index (χ3n) is 4.30. The Bertz CT molecular complexity index is 763. The zero-order chi connectivity index (χ0) is 19.1. The Morgan fingerprint density at radius 1 is 1.08 bits per heavy atom. The Morgan fingerprint density at radius 3 is 2.35 bits per heavy atom. The van der Waals surface area contributed by atoms with Gasteiger partial charge in [0.25, 0.3) is 0 Å². The highest BCUT2D eigenvalue weighted by atomic mass is 16.5. The first-order chi connectivity index (χ1) is 12.4. The van der Waals surface area contributed by atoms with Crippen molar-refractivity contribution in [3.8, 4) is 0 Å². The maximum absolute atomic E-state index is 12.2. The Hall–Kier alpha value is -2.62. The second-order valence-corrected chi connectivity index (χ2v) is 6.69. The summed E-state index contributed by atoms with van der Waals surface area (Å²) in [7, 11) is 0. The Labute approximate surface area is 155 Å². The van der Waals surface area contributed by atoms with Crippen molar-refractivity contribution in [3.63, 3.8) is 0 Å². The van der Waals surface area contributed by atoms with Crippen molar-refractivity contribution < 1.29 is 14.3 Å². The third kappa shape index (κ3) is 5.45. The molecule has 0 unspecified atom stereocenters. The minimum Gasteiger partial charge on any atom is -0.462 e. The summed E-state index contributed by atoms with van der Waals surface area (Å²) in [6.45, 7) is 8.31. The molecule has 0 heterocycles. The van der Waals surface area contributed by atoms with Crippen LogP contribution < -0.4 is 5.32 Å². The number of hydrogen-bond acceptors (Lipinski definition) is 3. The number of benzene rings is 2. The van der Waals surface area contributed by atoms with E-state index in [9.17, 15) is 9.59 Å². The van der Waals surface area contributed by atoms with Crippen LogP contribution >= 0.6 is 0 Å². The second kappa shape index (κ2) is 9.18. The first kappa shape index (κ1) is 19.7. The van der Waals surface area contributed by atoms with Gasteiger partial charge in [0.1, 0.15) is 0 Å². The molecule has 0 spiro atoms. The van der Waals surface area contributed by atoms with Gasteiger partial charge in [-0.3, -0.25) is 4.79 Å². The van der Waals surface area contributed by atoms with Gasteiger partial charge < -0.3 is 10.1 Å². The van der Waals surface area contributed by atoms with E-state index in [1.807, 2.05) is 6.92 Å². The van der Waals surface area contributed by atoms with Gasteiger partial charge >= 0.3 is 5.97 Å². The fraction of sp³-hybridized carbons (Fsp3) is 0.364. The standard InChI is InChI=1S/C22H27NO3/c1-5-26-22(25)19-11-12-20(16(4)14-19)23-21(24)13-8-17-6-9-18(10-7-17)15(2)3/h6-7,9-12,14-15H,5,8,13H2,1-4H3,(H,23,24). The summed E-state index contributed by atoms with van der Waals surface area (Å²) in [5, 5.41) is 2.92. The lowest BCUT2D eigenvalue weighted by molar-refractivity contribution is -0.116. The van der Waals surface area contributed by atoms with Crippen LogP contribution in [0.5, 0.6) is 0 Å². The van der Waals surface area contributed by atoms with Gasteiger partial charge in [-0.15, -0.1) is 0 Å². The Balaban J connectivity index is 1.92. The van der Waals surface area contributed by atoms with Gasteiger partial charge in [-0.25, -0.2) is 4.79 Å². The van der Waals surface area contributed by atoms with Crippen molar-refractivity contribution in [1.29, 1.82) is 0 Å². The third-order valence-corrected chi connectivity index (χ3v) is 4.30. The monoisotopic (exact) mass is 353 g/mol. The van der Waals surface area contributed by atoms with E-state index in [2.05, 4.69) is 43.4 Å². The first-order valence-corrected chi connectivity index (χ1v) is 9.07. The van der Waals surface area contributed by atoms with Crippen LogP contribution in [-0.4, -0.2) is 18.5 Å². The Kier molecular flexibility index (Phi) is 6.96. The summed E-state index contributed by atoms with van der Waals surface area (Å²) in [5.41, 5.74) is 4.51. The molecule has 2 rings (SSSR count). The molecule has 0 aliphatic carbocycles. The highest BCUT2D eigenvalue weighted by molar-refractivity contribution is 5.94. The maximum atomic E-state index is 12.2. The van der Waals surface area contributed by atoms with Crippen molar-refractivity contribution in [2.24, 2.45) is 0 Å². The van der Waals surface area contributed by atoms with Crippen molar-refractivity contribution in [2.45, 2.75) is 46.5 Å². The second-order valence-electron chi connectivity index (χ2n) is 6.69. The number of amides is 1. The van der Waals surface area contributed by atoms with Crippen molar-refractivity contribution >= 4 is 17.6 Å². The van der Waals surface area contributed by atoms with E-state index < -0.39 is 0 Å². The topological polar surface area (TPSA) is 55.4 Å². The van der Waals surface area contributed by atoms with Gasteiger partial charge in [0, 0.05) is 12.1 Å². The van der Waals surface area contributed by atoms with E-state index in [-0.39, 0.29) is 11.9 Å². The number of aryl methyl sites for hydroxylation is 2. The SMILES string of the molecule is CCOC(=O)c1ccc(NC(=O)CCc2ccc(C(C)C)cc2)c(C)c1. The number of esters is 1. The van der Waals surface area contributed by atoms with Crippen LogP contribution in [0.1, 0.15) is 60.2 Å². The number of anilines is 1. The lowest BCUT2D eigenvalue weighted by Gasteiger charge is -2.10. The van der Waals surface area contributed by atoms with Crippen molar-refractivity contribution in [2.75, 3.05) is 11.9 Å². The number of carbonyl (C=O) groups excluding carboxylic acids is 2. The fourth-order valence-corrected chi connectivity index (χ4v) is 2.69. The van der Waals surface area contributed by atoms with E-state index in [1.165, 1.54) is 5.56 Å². The number of nitrogens with one attached hydrogen (secondary N) is 1. The van der Waals surface area contributed by atoms with Crippen LogP contribution in [0.2, 0.25) is 0 Å². The average molecular weight is 353 g/mol. The zero-order valence-electron chi connectivity index (χ0n) is 16.0. The van der Waals surface area contributed by atoms with E-state index >= 15 is 0 Å². The summed E-state index contributed by atoms with van der Waals surface area (Å²) in [5.74, 6) is 0.121. The molecule has 26 heavy (non-hydrogen) atoms. The summed E-state index contributed by atoms with van der Waals surface area (Å²) < 4.78 is 4.99. The molecule has 2 aromatic rings. The predicted octanol–water partition coefficient (Wildman–Crippen LogP) is 4.87. The van der Waals surface area contributed by atoms with Gasteiger partial charge in [0.2, 0.25) is 5.91 Å². The quantitative estimate of drug-likeness (QED) is 0.723. The average Bonchev–Trinajstić information content (AvgIpc) is 2.62. The molecule has 0 radical (unpaired) electrons. The molecule has 4 heteroatoms. The fourth-order valence-electron chi connectivity index (χ4n) is 2.69. The number of rotatable bonds is 7. The highest BCUT2D eigenvalue weighted by Crippen LogP contribution is 2.19. The minimum atomic E-state index is -0.349. The van der Waals surface area contributed by atoms with E-state index in [4.69, 9.17) is 4.74 Å². The minimum absolute atomic E-state index is 0.0371. The summed E-state index contributed by atoms with van der Waals surface area (Å²) in [4.78, 5) is 24.0. The molecule has 4 nitrogen and oxygen atoms in total. The van der Waals surface area contributed by atoms with E-state index in [1.54, 1.807) is 25.1 Å². The molecule has 0 aliphatic rings. The zero-order valence-corrected chi connectivity index (χ0v) is 16.0. The van der Waals surface area contributed by atoms with Crippen molar-refractivity contribution in [1.82, 2.24) is 0 Å². The molecule has 0 aliphatic heterocycles. The lowest BCUT2D eigenvalue weighted by Crippen LogP contribution is -2.14. The largest absolute Gasteiger partial charge is 0.462 e. The van der Waals surface area contributed by atoms with Crippen LogP contribution in [0.15, 0.2) is 42.5 Å².